The molecule has 3 heterocycles. The van der Waals surface area contributed by atoms with Gasteiger partial charge in [-0.15, -0.1) is 11.3 Å². The summed E-state index contributed by atoms with van der Waals surface area (Å²) in [5.74, 6) is 0. The Hall–Kier alpha value is -0.470. The molecular formula is C16H20S2. The number of fused-ring (bicyclic) bond motifs is 3. The molecule has 2 saturated heterocycles. The Kier molecular flexibility index (Phi) is 2.89. The molecular weight excluding hydrogens is 256 g/mol. The topological polar surface area (TPSA) is 0 Å². The summed E-state index contributed by atoms with van der Waals surface area (Å²) in [7, 11) is 0.143. The van der Waals surface area contributed by atoms with E-state index in [1.54, 1.807) is 10.3 Å². The lowest BCUT2D eigenvalue weighted by Crippen LogP contribution is -2.28. The molecule has 0 N–H and O–H groups in total. The minimum Gasteiger partial charge on any atom is -0.220 e. The second-order valence-corrected chi connectivity index (χ2v) is 9.36. The van der Waals surface area contributed by atoms with E-state index in [0.29, 0.717) is 0 Å². The third-order valence-electron chi connectivity index (χ3n) is 4.67. The average molecular weight is 276 g/mol. The third kappa shape index (κ3) is 1.73. The van der Waals surface area contributed by atoms with Crippen LogP contribution in [0.3, 0.4) is 0 Å². The number of hydrogen-bond donors (Lipinski definition) is 1. The summed E-state index contributed by atoms with van der Waals surface area (Å²) in [5.41, 5.74) is 0. The molecule has 0 unspecified atom stereocenters. The van der Waals surface area contributed by atoms with E-state index < -0.39 is 0 Å². The molecule has 2 fully saturated rings. The van der Waals surface area contributed by atoms with Gasteiger partial charge in [0.05, 0.1) is 0 Å². The number of hydrogen-bond acceptors (Lipinski definition) is 1. The first kappa shape index (κ1) is 11.4. The van der Waals surface area contributed by atoms with Crippen LogP contribution in [-0.2, 0) is 0 Å². The highest BCUT2D eigenvalue weighted by molar-refractivity contribution is 8.18. The largest absolute Gasteiger partial charge is 0.220 e. The minimum atomic E-state index is 0.143. The SMILES string of the molecule is c1ccc2c([SH]3C4CCCC3CCC4)csc2c1. The fourth-order valence-electron chi connectivity index (χ4n) is 3.88. The maximum Gasteiger partial charge on any atom is 0.0353 e. The predicted molar refractivity (Wildman–Crippen MR) is 84.4 cm³/mol. The van der Waals surface area contributed by atoms with Crippen LogP contribution < -0.4 is 0 Å². The van der Waals surface area contributed by atoms with Crippen LogP contribution in [-0.4, -0.2) is 10.5 Å². The van der Waals surface area contributed by atoms with Crippen LogP contribution in [0.1, 0.15) is 38.5 Å². The summed E-state index contributed by atoms with van der Waals surface area (Å²) in [5, 5.41) is 6.16. The molecule has 0 saturated carbocycles. The molecule has 96 valence electrons. The highest BCUT2D eigenvalue weighted by Gasteiger charge is 2.35. The van der Waals surface area contributed by atoms with Crippen molar-refractivity contribution in [2.45, 2.75) is 53.9 Å². The lowest BCUT2D eigenvalue weighted by atomic mass is 9.99. The molecule has 18 heavy (non-hydrogen) atoms. The first-order valence-corrected chi connectivity index (χ1v) is 9.54. The van der Waals surface area contributed by atoms with E-state index in [9.17, 15) is 0 Å². The first-order chi connectivity index (χ1) is 8.93. The van der Waals surface area contributed by atoms with Crippen LogP contribution >= 0.6 is 22.2 Å². The normalized spacial score (nSPS) is 33.7. The molecule has 1 aromatic carbocycles. The molecule has 0 radical (unpaired) electrons. The van der Waals surface area contributed by atoms with E-state index in [4.69, 9.17) is 0 Å². The standard InChI is InChI=1S/C16H20S2/c1-2-10-15-14(9-1)16(11-17-15)18-12-5-3-6-13(18)8-4-7-12/h1-2,9-13,18H,3-8H2. The molecule has 2 aliphatic heterocycles. The van der Waals surface area contributed by atoms with E-state index >= 15 is 0 Å². The van der Waals surface area contributed by atoms with Gasteiger partial charge in [-0.3, -0.25) is 0 Å². The van der Waals surface area contributed by atoms with Crippen LogP contribution in [0.4, 0.5) is 0 Å². The molecule has 0 amide bonds. The van der Waals surface area contributed by atoms with Crippen molar-refractivity contribution in [3.63, 3.8) is 0 Å². The zero-order valence-electron chi connectivity index (χ0n) is 10.6. The van der Waals surface area contributed by atoms with E-state index in [0.717, 1.165) is 10.5 Å². The zero-order chi connectivity index (χ0) is 11.9. The first-order valence-electron chi connectivity index (χ1n) is 7.18. The van der Waals surface area contributed by atoms with Crippen molar-refractivity contribution in [1.82, 2.24) is 0 Å². The van der Waals surface area contributed by atoms with Gasteiger partial charge in [0, 0.05) is 20.4 Å². The molecule has 2 heteroatoms. The molecule has 0 aliphatic carbocycles. The summed E-state index contributed by atoms with van der Waals surface area (Å²) in [6.45, 7) is 0. The van der Waals surface area contributed by atoms with Crippen molar-refractivity contribution in [2.75, 3.05) is 0 Å². The molecule has 0 spiro atoms. The van der Waals surface area contributed by atoms with Gasteiger partial charge in [-0.05, 0) is 42.2 Å². The Balaban J connectivity index is 1.81. The van der Waals surface area contributed by atoms with Crippen LogP contribution in [0.25, 0.3) is 10.1 Å². The van der Waals surface area contributed by atoms with Crippen LogP contribution in [0.5, 0.6) is 0 Å². The van der Waals surface area contributed by atoms with Gasteiger partial charge in [0.2, 0.25) is 0 Å². The number of benzene rings is 1. The van der Waals surface area contributed by atoms with E-state index in [2.05, 4.69) is 29.6 Å². The summed E-state index contributed by atoms with van der Waals surface area (Å²) in [4.78, 5) is 1.75. The van der Waals surface area contributed by atoms with Crippen molar-refractivity contribution in [2.24, 2.45) is 0 Å². The van der Waals surface area contributed by atoms with Gasteiger partial charge in [0.1, 0.15) is 0 Å². The quantitative estimate of drug-likeness (QED) is 0.665. The third-order valence-corrected chi connectivity index (χ3v) is 9.35. The molecule has 0 atom stereocenters. The summed E-state index contributed by atoms with van der Waals surface area (Å²) >= 11 is 1.96. The highest BCUT2D eigenvalue weighted by Crippen LogP contribution is 2.59. The molecule has 2 aromatic rings. The minimum absolute atomic E-state index is 0.143. The lowest BCUT2D eigenvalue weighted by Gasteiger charge is -2.46. The van der Waals surface area contributed by atoms with Crippen molar-refractivity contribution < 1.29 is 0 Å². The lowest BCUT2D eigenvalue weighted by molar-refractivity contribution is 0.484. The van der Waals surface area contributed by atoms with Gasteiger partial charge in [-0.25, -0.2) is 10.9 Å². The molecule has 0 nitrogen and oxygen atoms in total. The Labute approximate surface area is 116 Å². The Bertz CT molecular complexity index is 535. The maximum absolute atomic E-state index is 2.49. The van der Waals surface area contributed by atoms with Crippen molar-refractivity contribution >= 4 is 32.3 Å². The Morgan fingerprint density at radius 2 is 1.61 bits per heavy atom. The molecule has 2 aliphatic rings. The zero-order valence-corrected chi connectivity index (χ0v) is 12.4. The second kappa shape index (κ2) is 4.57. The Morgan fingerprint density at radius 3 is 2.33 bits per heavy atom. The summed E-state index contributed by atoms with van der Waals surface area (Å²) < 4.78 is 1.50. The summed E-state index contributed by atoms with van der Waals surface area (Å²) in [6.07, 6.45) is 9.02. The summed E-state index contributed by atoms with van der Waals surface area (Å²) in [6, 6.07) is 9.04. The average Bonchev–Trinajstić information content (AvgIpc) is 2.81. The predicted octanol–water partition coefficient (Wildman–Crippen LogP) is 5.37. The van der Waals surface area contributed by atoms with Gasteiger partial charge >= 0.3 is 0 Å². The number of rotatable bonds is 1. The van der Waals surface area contributed by atoms with Gasteiger partial charge in [-0.2, -0.15) is 0 Å². The van der Waals surface area contributed by atoms with Gasteiger partial charge in [-0.1, -0.05) is 31.0 Å². The van der Waals surface area contributed by atoms with Gasteiger partial charge in [0.15, 0.2) is 0 Å². The van der Waals surface area contributed by atoms with Gasteiger partial charge < -0.3 is 0 Å². The van der Waals surface area contributed by atoms with E-state index in [1.165, 1.54) is 43.2 Å². The van der Waals surface area contributed by atoms with Crippen LogP contribution in [0.2, 0.25) is 0 Å². The van der Waals surface area contributed by atoms with Crippen LogP contribution in [0.15, 0.2) is 34.5 Å². The van der Waals surface area contributed by atoms with E-state index in [-0.39, 0.29) is 10.9 Å². The second-order valence-electron chi connectivity index (χ2n) is 5.69. The monoisotopic (exact) mass is 276 g/mol. The van der Waals surface area contributed by atoms with Crippen molar-refractivity contribution in [3.8, 4) is 0 Å². The maximum atomic E-state index is 2.49. The van der Waals surface area contributed by atoms with Gasteiger partial charge in [0.25, 0.3) is 0 Å². The van der Waals surface area contributed by atoms with Crippen LogP contribution in [0, 0.1) is 0 Å². The van der Waals surface area contributed by atoms with Crippen molar-refractivity contribution in [3.05, 3.63) is 29.6 Å². The number of thiophene rings is 1. The van der Waals surface area contributed by atoms with Crippen molar-refractivity contribution in [1.29, 1.82) is 0 Å². The highest BCUT2D eigenvalue weighted by atomic mass is 32.2. The van der Waals surface area contributed by atoms with E-state index in [1.807, 2.05) is 11.3 Å². The molecule has 1 aromatic heterocycles. The Morgan fingerprint density at radius 1 is 0.944 bits per heavy atom. The fourth-order valence-corrected chi connectivity index (χ4v) is 9.13. The fraction of sp³-hybridized carbons (Fsp3) is 0.500. The molecule has 4 rings (SSSR count). The number of thiol groups is 1. The smallest absolute Gasteiger partial charge is 0.0353 e. The molecule has 2 bridgehead atoms.